The number of hydrogen-bond acceptors (Lipinski definition) is 0. The maximum atomic E-state index is 0. The molecule has 0 spiro atoms. The van der Waals surface area contributed by atoms with Crippen LogP contribution in [0.5, 0.6) is 0 Å². The predicted octanol–water partition coefficient (Wildman–Crippen LogP) is -0.126. The second kappa shape index (κ2) is 21.3. The Morgan fingerprint density at radius 3 is 1.00 bits per heavy atom. The van der Waals surface area contributed by atoms with Gasteiger partial charge in [0.25, 0.3) is 0 Å². The Morgan fingerprint density at radius 1 is 1.00 bits per heavy atom. The maximum Gasteiger partial charge on any atom is 2.00 e. The largest absolute Gasteiger partial charge is 2.00 e. The molecule has 0 atom stereocenters. The van der Waals surface area contributed by atoms with Gasteiger partial charge in [0, 0.05) is 0 Å². The van der Waals surface area contributed by atoms with Gasteiger partial charge in [-0.05, 0) is 0 Å². The van der Waals surface area contributed by atoms with Crippen molar-refractivity contribution in [3.05, 3.63) is 0 Å². The van der Waals surface area contributed by atoms with Gasteiger partial charge in [-0.25, -0.2) is 0 Å². The van der Waals surface area contributed by atoms with Crippen LogP contribution in [0, 0.1) is 0 Å². The third-order valence-electron chi connectivity index (χ3n) is 0. The summed E-state index contributed by atoms with van der Waals surface area (Å²) in [5.41, 5.74) is 0. The molecule has 0 unspecified atom stereocenters. The zero-order chi connectivity index (χ0) is 0. The summed E-state index contributed by atoms with van der Waals surface area (Å²) < 4.78 is 0. The van der Waals surface area contributed by atoms with Crippen molar-refractivity contribution in [1.82, 2.24) is 0 Å². The van der Waals surface area contributed by atoms with Gasteiger partial charge in [-0.1, -0.05) is 0 Å². The van der Waals surface area contributed by atoms with E-state index in [1.807, 2.05) is 0 Å². The average molecular weight is 248 g/mol. The van der Waals surface area contributed by atoms with E-state index in [4.69, 9.17) is 0 Å². The van der Waals surface area contributed by atoms with Crippen LogP contribution in [-0.4, -0.2) is 0 Å². The van der Waals surface area contributed by atoms with Crippen LogP contribution < -0.4 is 0 Å². The Hall–Kier alpha value is 1.82. The molecule has 0 saturated heterocycles. The SMILES string of the molecule is [Ag+].[Ni+2].[O-2].[Zn+2]. The topological polar surface area (TPSA) is 28.5 Å². The van der Waals surface area contributed by atoms with E-state index in [1.54, 1.807) is 0 Å². The van der Waals surface area contributed by atoms with Gasteiger partial charge in [-0.3, -0.25) is 0 Å². The van der Waals surface area contributed by atoms with E-state index in [0.29, 0.717) is 0 Å². The Labute approximate surface area is 63.4 Å². The minimum Gasteiger partial charge on any atom is -2.00 e. The maximum absolute atomic E-state index is 0. The van der Waals surface area contributed by atoms with Gasteiger partial charge >= 0.3 is 58.3 Å². The first kappa shape index (κ1) is 40.9. The molecule has 0 bridgehead atoms. The standard InChI is InChI=1S/Ag.Ni.O.Zn/q+1;+2;-2;+2. The summed E-state index contributed by atoms with van der Waals surface area (Å²) in [4.78, 5) is 0. The van der Waals surface area contributed by atoms with Gasteiger partial charge in [0.15, 0.2) is 0 Å². The number of hydrogen-bond donors (Lipinski definition) is 0. The van der Waals surface area contributed by atoms with Crippen LogP contribution in [0.3, 0.4) is 0 Å². The Balaban J connectivity index is 0. The van der Waals surface area contributed by atoms with Crippen LogP contribution in [-0.2, 0) is 63.8 Å². The first-order chi connectivity index (χ1) is 0. The molecule has 0 aliphatic carbocycles. The van der Waals surface area contributed by atoms with Crippen LogP contribution in [0.2, 0.25) is 0 Å². The fourth-order valence-electron chi connectivity index (χ4n) is 0. The average Bonchev–Trinajstić information content (AvgIpc) is 0. The molecule has 0 amide bonds. The van der Waals surface area contributed by atoms with E-state index in [0.717, 1.165) is 0 Å². The third-order valence-corrected chi connectivity index (χ3v) is 0. The van der Waals surface area contributed by atoms with Crippen molar-refractivity contribution >= 4 is 0 Å². The van der Waals surface area contributed by atoms with Crippen molar-refractivity contribution in [2.45, 2.75) is 0 Å². The monoisotopic (exact) mass is 245 g/mol. The molecule has 4 heavy (non-hydrogen) atoms. The van der Waals surface area contributed by atoms with E-state index in [-0.39, 0.29) is 63.8 Å². The van der Waals surface area contributed by atoms with Crippen LogP contribution in [0.1, 0.15) is 0 Å². The summed E-state index contributed by atoms with van der Waals surface area (Å²) in [5.74, 6) is 0. The minimum atomic E-state index is 0. The van der Waals surface area contributed by atoms with Crippen LogP contribution in [0.25, 0.3) is 0 Å². The van der Waals surface area contributed by atoms with E-state index in [1.165, 1.54) is 0 Å². The van der Waals surface area contributed by atoms with Crippen molar-refractivity contribution in [3.63, 3.8) is 0 Å². The smallest absolute Gasteiger partial charge is 2.00 e. The van der Waals surface area contributed by atoms with Gasteiger partial charge in [0.1, 0.15) is 0 Å². The molecule has 0 aliphatic rings. The molecule has 26 valence electrons. The van der Waals surface area contributed by atoms with E-state index in [2.05, 4.69) is 0 Å². The molecule has 0 rings (SSSR count). The van der Waals surface area contributed by atoms with Gasteiger partial charge < -0.3 is 5.48 Å². The van der Waals surface area contributed by atoms with Crippen LogP contribution in [0.15, 0.2) is 0 Å². The van der Waals surface area contributed by atoms with E-state index < -0.39 is 0 Å². The van der Waals surface area contributed by atoms with Crippen molar-refractivity contribution in [2.24, 2.45) is 0 Å². The quantitative estimate of drug-likeness (QED) is 0.534. The van der Waals surface area contributed by atoms with Gasteiger partial charge in [-0.15, -0.1) is 0 Å². The van der Waals surface area contributed by atoms with Crippen LogP contribution >= 0.6 is 0 Å². The zero-order valence-electron chi connectivity index (χ0n) is 1.73. The van der Waals surface area contributed by atoms with Crippen molar-refractivity contribution in [2.75, 3.05) is 0 Å². The molecule has 4 heteroatoms. The van der Waals surface area contributed by atoms with Gasteiger partial charge in [0.05, 0.1) is 0 Å². The van der Waals surface area contributed by atoms with E-state index >= 15 is 0 Å². The molecule has 0 N–H and O–H groups in total. The molecule has 0 radical (unpaired) electrons. The third kappa shape index (κ3) is 9.17. The second-order valence-corrected chi connectivity index (χ2v) is 0. The fraction of sp³-hybridized carbons (Fsp3) is 0. The molecule has 0 fully saturated rings. The first-order valence-corrected chi connectivity index (χ1v) is 0. The summed E-state index contributed by atoms with van der Waals surface area (Å²) in [7, 11) is 0. The molecule has 0 aliphatic heterocycles. The van der Waals surface area contributed by atoms with Crippen molar-refractivity contribution < 1.29 is 63.8 Å². The Morgan fingerprint density at radius 2 is 1.00 bits per heavy atom. The number of rotatable bonds is 0. The summed E-state index contributed by atoms with van der Waals surface area (Å²) in [6.45, 7) is 0. The van der Waals surface area contributed by atoms with Crippen LogP contribution in [0.4, 0.5) is 0 Å². The summed E-state index contributed by atoms with van der Waals surface area (Å²) in [6.07, 6.45) is 0. The Kier molecular flexibility index (Phi) is 217. The molecule has 0 aromatic heterocycles. The zero-order valence-corrected chi connectivity index (χ0v) is 7.17. The predicted molar refractivity (Wildman–Crippen MR) is 0.686 cm³/mol. The Bertz CT molecular complexity index is 8.00. The molecular weight excluding hydrogens is 248 g/mol. The fourth-order valence-corrected chi connectivity index (χ4v) is 0. The summed E-state index contributed by atoms with van der Waals surface area (Å²) in [5, 5.41) is 0. The molecular formula is AgNiOZn+3. The second-order valence-electron chi connectivity index (χ2n) is 0. The summed E-state index contributed by atoms with van der Waals surface area (Å²) in [6, 6.07) is 0. The molecule has 0 aromatic rings. The van der Waals surface area contributed by atoms with Gasteiger partial charge in [-0.2, -0.15) is 0 Å². The van der Waals surface area contributed by atoms with Crippen molar-refractivity contribution in [1.29, 1.82) is 0 Å². The van der Waals surface area contributed by atoms with E-state index in [9.17, 15) is 0 Å². The first-order valence-electron chi connectivity index (χ1n) is 0. The molecule has 0 heterocycles. The normalized spacial score (nSPS) is 0. The van der Waals surface area contributed by atoms with Crippen molar-refractivity contribution in [3.8, 4) is 0 Å². The molecule has 1 nitrogen and oxygen atoms in total. The molecule has 0 saturated carbocycles. The van der Waals surface area contributed by atoms with Gasteiger partial charge in [0.2, 0.25) is 0 Å². The minimum absolute atomic E-state index is 0. The summed E-state index contributed by atoms with van der Waals surface area (Å²) >= 11 is 0. The molecule has 0 aromatic carbocycles.